The molecular weight excluding hydrogens is 228 g/mol. The van der Waals surface area contributed by atoms with E-state index in [-0.39, 0.29) is 11.7 Å². The van der Waals surface area contributed by atoms with Gasteiger partial charge in [-0.2, -0.15) is 0 Å². The van der Waals surface area contributed by atoms with E-state index in [1.54, 1.807) is 7.11 Å². The van der Waals surface area contributed by atoms with Crippen molar-refractivity contribution in [3.63, 3.8) is 0 Å². The molecule has 0 bridgehead atoms. The number of ether oxygens (including phenoxy) is 3. The summed E-state index contributed by atoms with van der Waals surface area (Å²) < 4.78 is 16.8. The van der Waals surface area contributed by atoms with Crippen LogP contribution in [0.5, 0.6) is 0 Å². The third-order valence-electron chi connectivity index (χ3n) is 2.36. The van der Waals surface area contributed by atoms with Crippen LogP contribution in [-0.2, 0) is 14.2 Å². The molecule has 0 aromatic rings. The molecule has 0 aromatic heterocycles. The zero-order chi connectivity index (χ0) is 13.6. The molecule has 1 atom stereocenters. The highest BCUT2D eigenvalue weighted by Gasteiger charge is 2.14. The highest BCUT2D eigenvalue weighted by molar-refractivity contribution is 5.25. The van der Waals surface area contributed by atoms with Gasteiger partial charge >= 0.3 is 0 Å². The molecule has 1 aliphatic carbocycles. The first-order valence-electron chi connectivity index (χ1n) is 6.33. The van der Waals surface area contributed by atoms with Crippen LogP contribution in [0.15, 0.2) is 35.8 Å². The van der Waals surface area contributed by atoms with Crippen LogP contribution in [0, 0.1) is 0 Å². The molecule has 0 spiro atoms. The quantitative estimate of drug-likeness (QED) is 0.748. The van der Waals surface area contributed by atoms with Gasteiger partial charge in [0.05, 0.1) is 19.3 Å². The number of methoxy groups -OCH3 is 1. The normalized spacial score (nSPS) is 17.6. The van der Waals surface area contributed by atoms with Gasteiger partial charge in [0, 0.05) is 12.5 Å². The summed E-state index contributed by atoms with van der Waals surface area (Å²) in [4.78, 5) is 0. The molecular formula is C15H24O3. The van der Waals surface area contributed by atoms with Gasteiger partial charge in [-0.15, -0.1) is 0 Å². The Balaban J connectivity index is 2.49. The molecule has 0 heterocycles. The van der Waals surface area contributed by atoms with Crippen molar-refractivity contribution in [1.82, 2.24) is 0 Å². The predicted molar refractivity (Wildman–Crippen MR) is 73.2 cm³/mol. The summed E-state index contributed by atoms with van der Waals surface area (Å²) in [6, 6.07) is 0. The molecule has 0 radical (unpaired) electrons. The van der Waals surface area contributed by atoms with Crippen molar-refractivity contribution in [2.24, 2.45) is 0 Å². The Labute approximate surface area is 110 Å². The maximum atomic E-state index is 5.86. The number of hydrogen-bond donors (Lipinski definition) is 0. The van der Waals surface area contributed by atoms with Crippen LogP contribution in [0.3, 0.4) is 0 Å². The Hall–Kier alpha value is -1.22. The molecule has 1 aliphatic rings. The van der Waals surface area contributed by atoms with E-state index in [1.807, 2.05) is 45.9 Å². The minimum absolute atomic E-state index is 0.0279. The van der Waals surface area contributed by atoms with Crippen LogP contribution in [0.1, 0.15) is 34.1 Å². The van der Waals surface area contributed by atoms with Gasteiger partial charge in [0.25, 0.3) is 0 Å². The highest BCUT2D eigenvalue weighted by atomic mass is 16.5. The Morgan fingerprint density at radius 1 is 1.33 bits per heavy atom. The van der Waals surface area contributed by atoms with E-state index in [1.165, 1.54) is 0 Å². The Kier molecular flexibility index (Phi) is 5.48. The van der Waals surface area contributed by atoms with Crippen LogP contribution in [0.4, 0.5) is 0 Å². The van der Waals surface area contributed by atoms with Crippen LogP contribution in [0.25, 0.3) is 0 Å². The highest BCUT2D eigenvalue weighted by Crippen LogP contribution is 2.17. The van der Waals surface area contributed by atoms with E-state index < -0.39 is 0 Å². The van der Waals surface area contributed by atoms with Crippen LogP contribution in [0.2, 0.25) is 0 Å². The first-order chi connectivity index (χ1) is 8.40. The molecule has 0 saturated carbocycles. The third-order valence-corrected chi connectivity index (χ3v) is 2.36. The van der Waals surface area contributed by atoms with E-state index in [0.29, 0.717) is 6.61 Å². The molecule has 3 nitrogen and oxygen atoms in total. The second kappa shape index (κ2) is 6.64. The largest absolute Gasteiger partial charge is 0.497 e. The van der Waals surface area contributed by atoms with Crippen molar-refractivity contribution in [3.8, 4) is 0 Å². The van der Waals surface area contributed by atoms with Crippen molar-refractivity contribution in [2.45, 2.75) is 45.8 Å². The zero-order valence-electron chi connectivity index (χ0n) is 12.0. The fraction of sp³-hybridized carbons (Fsp3) is 0.600. The van der Waals surface area contributed by atoms with E-state index in [9.17, 15) is 0 Å². The molecule has 0 saturated heterocycles. The minimum atomic E-state index is -0.132. The second-order valence-electron chi connectivity index (χ2n) is 5.37. The molecule has 1 rings (SSSR count). The topological polar surface area (TPSA) is 27.7 Å². The monoisotopic (exact) mass is 252 g/mol. The van der Waals surface area contributed by atoms with Crippen molar-refractivity contribution in [2.75, 3.05) is 13.7 Å². The molecule has 102 valence electrons. The fourth-order valence-corrected chi connectivity index (χ4v) is 1.48. The van der Waals surface area contributed by atoms with Crippen molar-refractivity contribution >= 4 is 0 Å². The first-order valence-corrected chi connectivity index (χ1v) is 6.33. The van der Waals surface area contributed by atoms with Gasteiger partial charge in [0.2, 0.25) is 0 Å². The molecule has 3 heteroatoms. The maximum absolute atomic E-state index is 5.86. The van der Waals surface area contributed by atoms with Crippen molar-refractivity contribution in [1.29, 1.82) is 0 Å². The van der Waals surface area contributed by atoms with E-state index in [2.05, 4.69) is 6.08 Å². The standard InChI is InChI=1S/C15H24O3/c1-12(11-17-15(2,3)4)18-14-9-7-6-8-13(10-14)16-5/h6-8,10,12H,9,11H2,1-5H3. The average Bonchev–Trinajstić information content (AvgIpc) is 2.50. The molecule has 0 fully saturated rings. The van der Waals surface area contributed by atoms with E-state index in [0.717, 1.165) is 17.9 Å². The summed E-state index contributed by atoms with van der Waals surface area (Å²) in [6.07, 6.45) is 8.68. The van der Waals surface area contributed by atoms with Gasteiger partial charge in [-0.3, -0.25) is 0 Å². The molecule has 0 aliphatic heterocycles. The van der Waals surface area contributed by atoms with Gasteiger partial charge < -0.3 is 14.2 Å². The number of rotatable bonds is 5. The van der Waals surface area contributed by atoms with Crippen LogP contribution in [-0.4, -0.2) is 25.4 Å². The molecule has 0 N–H and O–H groups in total. The predicted octanol–water partition coefficient (Wildman–Crippen LogP) is 3.58. The molecule has 0 amide bonds. The summed E-state index contributed by atoms with van der Waals surface area (Å²) in [7, 11) is 1.66. The zero-order valence-corrected chi connectivity index (χ0v) is 12.0. The SMILES string of the molecule is COC1=CC=CCC(OC(C)COC(C)(C)C)=C1. The smallest absolute Gasteiger partial charge is 0.122 e. The summed E-state index contributed by atoms with van der Waals surface area (Å²) in [5.74, 6) is 1.71. The number of allylic oxidation sites excluding steroid dienone is 4. The van der Waals surface area contributed by atoms with Crippen molar-refractivity contribution in [3.05, 3.63) is 35.8 Å². The first kappa shape index (κ1) is 14.8. The molecule has 0 aromatic carbocycles. The van der Waals surface area contributed by atoms with Crippen LogP contribution >= 0.6 is 0 Å². The Morgan fingerprint density at radius 2 is 2.06 bits per heavy atom. The minimum Gasteiger partial charge on any atom is -0.497 e. The summed E-state index contributed by atoms with van der Waals surface area (Å²) >= 11 is 0. The van der Waals surface area contributed by atoms with E-state index >= 15 is 0 Å². The average molecular weight is 252 g/mol. The fourth-order valence-electron chi connectivity index (χ4n) is 1.48. The third kappa shape index (κ3) is 5.92. The van der Waals surface area contributed by atoms with Gasteiger partial charge in [-0.05, 0) is 33.8 Å². The van der Waals surface area contributed by atoms with Crippen LogP contribution < -0.4 is 0 Å². The van der Waals surface area contributed by atoms with Gasteiger partial charge in [-0.25, -0.2) is 0 Å². The lowest BCUT2D eigenvalue weighted by atomic mass is 10.2. The molecule has 18 heavy (non-hydrogen) atoms. The van der Waals surface area contributed by atoms with Crippen molar-refractivity contribution < 1.29 is 14.2 Å². The second-order valence-corrected chi connectivity index (χ2v) is 5.37. The molecule has 1 unspecified atom stereocenters. The lowest BCUT2D eigenvalue weighted by Crippen LogP contribution is -2.26. The van der Waals surface area contributed by atoms with Gasteiger partial charge in [0.1, 0.15) is 17.6 Å². The Morgan fingerprint density at radius 3 is 2.67 bits per heavy atom. The Bertz CT molecular complexity index is 345. The lowest BCUT2D eigenvalue weighted by Gasteiger charge is -2.23. The number of hydrogen-bond acceptors (Lipinski definition) is 3. The maximum Gasteiger partial charge on any atom is 0.122 e. The van der Waals surface area contributed by atoms with Gasteiger partial charge in [-0.1, -0.05) is 12.2 Å². The summed E-state index contributed by atoms with van der Waals surface area (Å²) in [6.45, 7) is 8.71. The van der Waals surface area contributed by atoms with E-state index in [4.69, 9.17) is 14.2 Å². The lowest BCUT2D eigenvalue weighted by molar-refractivity contribution is -0.0523. The van der Waals surface area contributed by atoms with Gasteiger partial charge in [0.15, 0.2) is 0 Å². The summed E-state index contributed by atoms with van der Waals surface area (Å²) in [5.41, 5.74) is -0.132. The summed E-state index contributed by atoms with van der Waals surface area (Å²) in [5, 5.41) is 0.